The van der Waals surface area contributed by atoms with E-state index in [0.717, 1.165) is 105 Å². The van der Waals surface area contributed by atoms with E-state index < -0.39 is 11.9 Å². The number of hydrogen-bond acceptors (Lipinski definition) is 10. The molecule has 6 heterocycles. The van der Waals surface area contributed by atoms with Crippen LogP contribution in [0.4, 0.5) is 17.1 Å². The summed E-state index contributed by atoms with van der Waals surface area (Å²) in [6, 6.07) is 19.3. The Hall–Kier alpha value is -5.61. The molecule has 13 heteroatoms. The molecule has 9 rings (SSSR count). The number of aryl methyl sites for hydroxylation is 1. The van der Waals surface area contributed by atoms with Crippen molar-refractivity contribution < 1.29 is 19.1 Å². The third kappa shape index (κ3) is 7.05. The Balaban J connectivity index is 0.740. The van der Waals surface area contributed by atoms with E-state index in [9.17, 15) is 19.6 Å². The number of benzene rings is 3. The summed E-state index contributed by atoms with van der Waals surface area (Å²) >= 11 is 0. The topological polar surface area (TPSA) is 141 Å². The van der Waals surface area contributed by atoms with Crippen LogP contribution in [0.5, 0.6) is 5.75 Å². The Bertz CT molecular complexity index is 2220. The molecule has 0 radical (unpaired) electrons. The van der Waals surface area contributed by atoms with Gasteiger partial charge in [0, 0.05) is 94.7 Å². The Morgan fingerprint density at radius 3 is 2.26 bits per heavy atom. The van der Waals surface area contributed by atoms with Gasteiger partial charge in [-0.05, 0) is 91.8 Å². The summed E-state index contributed by atoms with van der Waals surface area (Å²) in [5.74, 6) is 0.869. The van der Waals surface area contributed by atoms with Crippen molar-refractivity contribution in [1.29, 1.82) is 5.26 Å². The number of fused-ring (bicyclic) bond motifs is 2. The van der Waals surface area contributed by atoms with Crippen LogP contribution in [0.2, 0.25) is 0 Å². The standard InChI is InChI=1S/C44H51N9O4/c1-28-3-8-36(42-40(28)35(25-45)47-48-42)52-17-13-31(14-18-52)30-4-6-33(7-5-30)50-15-11-29(12-16-50)26-49-19-21-51(22-20-49)34-23-32-27-53(37-9-10-39(54)46-43(37)55)44(56)41(32)38(24-34)57-2/h3-8,23-24,29,31,37H,9-22,26-27H2,1-2H3,(H,47,48)(H,46,54,55). The van der Waals surface area contributed by atoms with Crippen LogP contribution in [-0.4, -0.2) is 110 Å². The first-order chi connectivity index (χ1) is 27.8. The number of ether oxygens (including phenoxy) is 1. The molecule has 57 heavy (non-hydrogen) atoms. The maximum Gasteiger partial charge on any atom is 0.258 e. The molecule has 296 valence electrons. The summed E-state index contributed by atoms with van der Waals surface area (Å²) in [6.45, 7) is 11.4. The van der Waals surface area contributed by atoms with Gasteiger partial charge in [0.25, 0.3) is 5.91 Å². The lowest BCUT2D eigenvalue weighted by Crippen LogP contribution is -2.52. The zero-order valence-corrected chi connectivity index (χ0v) is 32.9. The molecule has 4 saturated heterocycles. The van der Waals surface area contributed by atoms with Crippen LogP contribution in [0.3, 0.4) is 0 Å². The lowest BCUT2D eigenvalue weighted by atomic mass is 9.88. The average Bonchev–Trinajstić information content (AvgIpc) is 3.83. The van der Waals surface area contributed by atoms with Crippen molar-refractivity contribution in [1.82, 2.24) is 25.3 Å². The number of nitriles is 1. The number of carbonyl (C=O) groups is 3. The molecule has 13 nitrogen and oxygen atoms in total. The monoisotopic (exact) mass is 769 g/mol. The van der Waals surface area contributed by atoms with Crippen LogP contribution in [0.15, 0.2) is 48.5 Å². The van der Waals surface area contributed by atoms with Crippen molar-refractivity contribution in [2.24, 2.45) is 5.92 Å². The summed E-state index contributed by atoms with van der Waals surface area (Å²) in [5, 5.41) is 20.2. The predicted octanol–water partition coefficient (Wildman–Crippen LogP) is 4.94. The SMILES string of the molecule is COc1cc(N2CCN(CC3CCN(c4ccc(C5CCN(c6ccc(C)c7c(C#N)n[nH]c67)CC5)cc4)CC3)CC2)cc2c1C(=O)N(C1CCC(=O)NC1=O)C2. The molecule has 4 fully saturated rings. The van der Waals surface area contributed by atoms with Crippen LogP contribution in [0, 0.1) is 24.2 Å². The van der Waals surface area contributed by atoms with E-state index in [-0.39, 0.29) is 18.2 Å². The van der Waals surface area contributed by atoms with E-state index in [1.165, 1.54) is 24.1 Å². The largest absolute Gasteiger partial charge is 0.496 e. The Kier molecular flexibility index (Phi) is 9.98. The number of hydrogen-bond donors (Lipinski definition) is 2. The lowest BCUT2D eigenvalue weighted by molar-refractivity contribution is -0.136. The summed E-state index contributed by atoms with van der Waals surface area (Å²) in [6.07, 6.45) is 5.16. The number of carbonyl (C=O) groups excluding carboxylic acids is 3. The second kappa shape index (κ2) is 15.4. The molecule has 5 aliphatic rings. The van der Waals surface area contributed by atoms with Gasteiger partial charge >= 0.3 is 0 Å². The zero-order valence-electron chi connectivity index (χ0n) is 32.9. The number of piperazine rings is 1. The number of methoxy groups -OCH3 is 1. The maximum atomic E-state index is 13.4. The van der Waals surface area contributed by atoms with Gasteiger partial charge in [-0.1, -0.05) is 18.2 Å². The van der Waals surface area contributed by atoms with Crippen molar-refractivity contribution in [3.05, 3.63) is 76.5 Å². The second-order valence-electron chi connectivity index (χ2n) is 16.5. The first-order valence-corrected chi connectivity index (χ1v) is 20.6. The number of nitrogens with zero attached hydrogens (tertiary/aromatic N) is 7. The lowest BCUT2D eigenvalue weighted by Gasteiger charge is -2.40. The number of aromatic nitrogens is 2. The molecule has 3 amide bonds. The number of imide groups is 1. The van der Waals surface area contributed by atoms with E-state index in [4.69, 9.17) is 4.74 Å². The van der Waals surface area contributed by atoms with Gasteiger partial charge in [-0.3, -0.25) is 29.7 Å². The number of anilines is 3. The van der Waals surface area contributed by atoms with Crippen molar-refractivity contribution in [2.45, 2.75) is 64.0 Å². The molecule has 1 aromatic heterocycles. The van der Waals surface area contributed by atoms with E-state index in [2.05, 4.69) is 83.6 Å². The molecule has 0 saturated carbocycles. The molecule has 2 N–H and O–H groups in total. The van der Waals surface area contributed by atoms with E-state index in [0.29, 0.717) is 41.8 Å². The summed E-state index contributed by atoms with van der Waals surface area (Å²) < 4.78 is 5.71. The van der Waals surface area contributed by atoms with Gasteiger partial charge in [0.15, 0.2) is 5.69 Å². The fourth-order valence-electron chi connectivity index (χ4n) is 9.96. The molecule has 0 bridgehead atoms. The fraction of sp³-hybridized carbons (Fsp3) is 0.477. The highest BCUT2D eigenvalue weighted by molar-refractivity contribution is 6.07. The van der Waals surface area contributed by atoms with Gasteiger partial charge in [0.2, 0.25) is 11.8 Å². The minimum absolute atomic E-state index is 0.211. The van der Waals surface area contributed by atoms with E-state index in [1.807, 2.05) is 13.0 Å². The number of amides is 3. The van der Waals surface area contributed by atoms with Crippen LogP contribution >= 0.6 is 0 Å². The maximum absolute atomic E-state index is 13.4. The van der Waals surface area contributed by atoms with Gasteiger partial charge in [0.05, 0.1) is 23.9 Å². The first kappa shape index (κ1) is 37.0. The van der Waals surface area contributed by atoms with Crippen LogP contribution in [0.1, 0.15) is 77.2 Å². The fourth-order valence-corrected chi connectivity index (χ4v) is 9.96. The molecule has 4 aromatic rings. The number of H-pyrrole nitrogens is 1. The normalized spacial score (nSPS) is 21.3. The highest BCUT2D eigenvalue weighted by Crippen LogP contribution is 2.39. The molecular weight excluding hydrogens is 719 g/mol. The highest BCUT2D eigenvalue weighted by atomic mass is 16.5. The smallest absolute Gasteiger partial charge is 0.258 e. The van der Waals surface area contributed by atoms with Gasteiger partial charge < -0.3 is 24.3 Å². The van der Waals surface area contributed by atoms with Crippen molar-refractivity contribution in [3.63, 3.8) is 0 Å². The Morgan fingerprint density at radius 2 is 1.56 bits per heavy atom. The van der Waals surface area contributed by atoms with Crippen LogP contribution < -0.4 is 24.8 Å². The van der Waals surface area contributed by atoms with Gasteiger partial charge in [0.1, 0.15) is 17.9 Å². The molecule has 1 unspecified atom stereocenters. The second-order valence-corrected chi connectivity index (χ2v) is 16.5. The summed E-state index contributed by atoms with van der Waals surface area (Å²) in [5.41, 5.74) is 8.85. The minimum Gasteiger partial charge on any atom is -0.496 e. The van der Waals surface area contributed by atoms with Crippen LogP contribution in [-0.2, 0) is 16.1 Å². The number of rotatable bonds is 8. The molecule has 5 aliphatic heterocycles. The molecule has 0 aliphatic carbocycles. The number of aromatic amines is 1. The Labute approximate surface area is 333 Å². The van der Waals surface area contributed by atoms with E-state index >= 15 is 0 Å². The van der Waals surface area contributed by atoms with Crippen molar-refractivity contribution in [2.75, 3.05) is 80.7 Å². The molecule has 3 aromatic carbocycles. The average molecular weight is 770 g/mol. The summed E-state index contributed by atoms with van der Waals surface area (Å²) in [4.78, 5) is 49.3. The third-order valence-electron chi connectivity index (χ3n) is 13.2. The predicted molar refractivity (Wildman–Crippen MR) is 219 cm³/mol. The van der Waals surface area contributed by atoms with Crippen molar-refractivity contribution >= 4 is 45.7 Å². The molecule has 0 spiro atoms. The zero-order chi connectivity index (χ0) is 39.2. The molecule has 1 atom stereocenters. The van der Waals surface area contributed by atoms with Crippen molar-refractivity contribution in [3.8, 4) is 11.8 Å². The minimum atomic E-state index is -0.644. The van der Waals surface area contributed by atoms with E-state index in [1.54, 1.807) is 12.0 Å². The van der Waals surface area contributed by atoms with Gasteiger partial charge in [-0.15, -0.1) is 0 Å². The van der Waals surface area contributed by atoms with Gasteiger partial charge in [-0.25, -0.2) is 0 Å². The number of piperidine rings is 3. The molecular formula is C44H51N9O4. The third-order valence-corrected chi connectivity index (χ3v) is 13.2. The van der Waals surface area contributed by atoms with Gasteiger partial charge in [-0.2, -0.15) is 10.4 Å². The number of nitrogens with one attached hydrogen (secondary N) is 2. The first-order valence-electron chi connectivity index (χ1n) is 20.6. The Morgan fingerprint density at radius 1 is 0.842 bits per heavy atom. The van der Waals surface area contributed by atoms with Crippen LogP contribution in [0.25, 0.3) is 10.9 Å². The highest BCUT2D eigenvalue weighted by Gasteiger charge is 2.41. The quantitative estimate of drug-likeness (QED) is 0.237. The summed E-state index contributed by atoms with van der Waals surface area (Å²) in [7, 11) is 1.59.